The molecule has 2 aromatic heterocycles. The molecule has 1 saturated heterocycles. The van der Waals surface area contributed by atoms with Gasteiger partial charge in [-0.15, -0.1) is 11.3 Å². The van der Waals surface area contributed by atoms with Crippen molar-refractivity contribution in [2.75, 3.05) is 32.8 Å². The van der Waals surface area contributed by atoms with Gasteiger partial charge in [0.1, 0.15) is 11.4 Å². The van der Waals surface area contributed by atoms with Gasteiger partial charge < -0.3 is 18.8 Å². The van der Waals surface area contributed by atoms with Crippen LogP contribution in [0.5, 0.6) is 5.75 Å². The summed E-state index contributed by atoms with van der Waals surface area (Å²) in [7, 11) is -1.86. The Kier molecular flexibility index (Phi) is 8.73. The molecule has 0 saturated carbocycles. The number of piperazine rings is 1. The maximum atomic E-state index is 12.6. The van der Waals surface area contributed by atoms with Crippen molar-refractivity contribution in [1.29, 1.82) is 0 Å². The highest BCUT2D eigenvalue weighted by molar-refractivity contribution is 7.19. The Labute approximate surface area is 260 Å². The molecule has 2 aliphatic rings. The molecule has 228 valence electrons. The van der Waals surface area contributed by atoms with Gasteiger partial charge >= 0.3 is 6.09 Å². The summed E-state index contributed by atoms with van der Waals surface area (Å²) in [5, 5.41) is 0.876. The van der Waals surface area contributed by atoms with Crippen LogP contribution in [-0.2, 0) is 15.8 Å². The highest BCUT2D eigenvalue weighted by atomic mass is 35.5. The van der Waals surface area contributed by atoms with Gasteiger partial charge in [0.25, 0.3) is 0 Å². The minimum atomic E-state index is -1.86. The molecule has 7 nitrogen and oxygen atoms in total. The third-order valence-corrected chi connectivity index (χ3v) is 14.6. The highest BCUT2D eigenvalue weighted by Gasteiger charge is 2.37. The number of fused-ring (bicyclic) bond motifs is 2. The van der Waals surface area contributed by atoms with Crippen molar-refractivity contribution in [2.45, 2.75) is 84.3 Å². The molecule has 10 heteroatoms. The van der Waals surface area contributed by atoms with E-state index in [9.17, 15) is 4.79 Å². The second kappa shape index (κ2) is 11.7. The van der Waals surface area contributed by atoms with E-state index < -0.39 is 13.9 Å². The van der Waals surface area contributed by atoms with Gasteiger partial charge in [-0.2, -0.15) is 0 Å². The molecule has 1 fully saturated rings. The van der Waals surface area contributed by atoms with Crippen LogP contribution in [0.25, 0.3) is 21.3 Å². The molecule has 0 radical (unpaired) electrons. The molecule has 0 N–H and O–H groups in total. The maximum absolute atomic E-state index is 12.6. The van der Waals surface area contributed by atoms with Gasteiger partial charge in [-0.25, -0.2) is 4.79 Å². The van der Waals surface area contributed by atoms with Crippen LogP contribution in [-0.4, -0.2) is 67.6 Å². The zero-order chi connectivity index (χ0) is 30.4. The van der Waals surface area contributed by atoms with Crippen LogP contribution >= 0.6 is 22.9 Å². The summed E-state index contributed by atoms with van der Waals surface area (Å²) in [5.41, 5.74) is 3.65. The minimum absolute atomic E-state index is 0.148. The molecule has 4 heterocycles. The lowest BCUT2D eigenvalue weighted by molar-refractivity contribution is 0.00778. The van der Waals surface area contributed by atoms with Crippen molar-refractivity contribution in [3.8, 4) is 16.9 Å². The first-order chi connectivity index (χ1) is 19.6. The van der Waals surface area contributed by atoms with Gasteiger partial charge in [-0.3, -0.25) is 9.88 Å². The number of halogens is 1. The summed E-state index contributed by atoms with van der Waals surface area (Å²) >= 11 is 8.79. The Bertz CT molecular complexity index is 1450. The summed E-state index contributed by atoms with van der Waals surface area (Å²) in [6.07, 6.45) is 2.48. The molecule has 0 unspecified atom stereocenters. The molecule has 1 atom stereocenters. The number of thiophene rings is 1. The Morgan fingerprint density at radius 1 is 1.12 bits per heavy atom. The van der Waals surface area contributed by atoms with E-state index in [0.29, 0.717) is 31.3 Å². The third kappa shape index (κ3) is 6.65. The lowest BCUT2D eigenvalue weighted by Gasteiger charge is -2.41. The fraction of sp³-hybridized carbons (Fsp3) is 0.562. The van der Waals surface area contributed by atoms with E-state index in [4.69, 9.17) is 25.5 Å². The summed E-state index contributed by atoms with van der Waals surface area (Å²) < 4.78 is 19.4. The van der Waals surface area contributed by atoms with Crippen molar-refractivity contribution < 1.29 is 18.7 Å². The van der Waals surface area contributed by atoms with Gasteiger partial charge in [0, 0.05) is 65.9 Å². The fourth-order valence-corrected chi connectivity index (χ4v) is 7.73. The molecule has 1 amide bonds. The number of ether oxygens (including phenoxy) is 2. The number of aromatic nitrogens is 1. The number of carbonyl (C=O) groups excluding carboxylic acids is 1. The van der Waals surface area contributed by atoms with E-state index >= 15 is 0 Å². The second-order valence-electron chi connectivity index (χ2n) is 13.9. The lowest BCUT2D eigenvalue weighted by atomic mass is 9.94. The summed E-state index contributed by atoms with van der Waals surface area (Å²) in [5.74, 6) is 0.839. The lowest BCUT2D eigenvalue weighted by Crippen LogP contribution is -2.51. The van der Waals surface area contributed by atoms with Crippen molar-refractivity contribution in [2.24, 2.45) is 0 Å². The maximum Gasteiger partial charge on any atom is 0.410 e. The molecule has 1 aromatic carbocycles. The highest BCUT2D eigenvalue weighted by Crippen LogP contribution is 2.45. The van der Waals surface area contributed by atoms with Crippen molar-refractivity contribution in [3.05, 3.63) is 45.9 Å². The van der Waals surface area contributed by atoms with Crippen LogP contribution in [0, 0.1) is 0 Å². The zero-order valence-electron chi connectivity index (χ0n) is 26.2. The number of hydrogen-bond donors (Lipinski definition) is 0. The van der Waals surface area contributed by atoms with Gasteiger partial charge in [-0.05, 0) is 68.7 Å². The number of rotatable bonds is 5. The summed E-state index contributed by atoms with van der Waals surface area (Å²) in [4.78, 5) is 22.6. The molecular weight excluding hydrogens is 586 g/mol. The smallest absolute Gasteiger partial charge is 0.410 e. The normalized spacial score (nSPS) is 18.6. The van der Waals surface area contributed by atoms with E-state index in [-0.39, 0.29) is 17.2 Å². The summed E-state index contributed by atoms with van der Waals surface area (Å²) in [6, 6.07) is 8.56. The second-order valence-corrected chi connectivity index (χ2v) is 20.2. The first kappa shape index (κ1) is 31.3. The Morgan fingerprint density at radius 3 is 2.50 bits per heavy atom. The summed E-state index contributed by atoms with van der Waals surface area (Å²) in [6.45, 7) is 21.1. The van der Waals surface area contributed by atoms with Crippen LogP contribution in [0.1, 0.15) is 64.4 Å². The number of pyridine rings is 1. The molecule has 3 aromatic rings. The van der Waals surface area contributed by atoms with Gasteiger partial charge in [0.2, 0.25) is 0 Å². The molecule has 0 aliphatic carbocycles. The number of nitrogens with zero attached hydrogens (tertiary/aromatic N) is 3. The van der Waals surface area contributed by atoms with Crippen LogP contribution in [0.4, 0.5) is 4.79 Å². The Balaban J connectivity index is 1.36. The molecule has 5 rings (SSSR count). The standard InChI is InChI=1S/C32H44ClN3O4SSi/c1-31(2,3)40-30(37)36-14-12-35(13-15-36)26-10-16-38-27-18-21(17-24(33)28(26)27)23-9-11-34-25-19-22(41-29(23)25)20-39-42(7,8)32(4,5)6/h9,11,17-19,26H,10,12-16,20H2,1-8H3/t26-/m0/s1. The first-order valence-corrected chi connectivity index (χ1v) is 18.9. The predicted molar refractivity (Wildman–Crippen MR) is 174 cm³/mol. The average molecular weight is 630 g/mol. The molecule has 2 aliphatic heterocycles. The van der Waals surface area contributed by atoms with E-state index in [1.165, 1.54) is 4.88 Å². The SMILES string of the molecule is CC(C)(C)OC(=O)N1CCN([C@H]2CCOc3cc(-c4ccnc5cc(CO[Si](C)(C)C(C)(C)C)sc45)cc(Cl)c32)CC1. The molecule has 0 spiro atoms. The average Bonchev–Trinajstić information content (AvgIpc) is 3.33. The molecule has 42 heavy (non-hydrogen) atoms. The van der Waals surface area contributed by atoms with E-state index in [1.807, 2.05) is 27.0 Å². The number of amides is 1. The zero-order valence-corrected chi connectivity index (χ0v) is 28.7. The van der Waals surface area contributed by atoms with Crippen LogP contribution in [0.15, 0.2) is 30.5 Å². The Hall–Kier alpha value is -2.17. The van der Waals surface area contributed by atoms with E-state index in [2.05, 4.69) is 68.0 Å². The number of carbonyl (C=O) groups is 1. The van der Waals surface area contributed by atoms with E-state index in [0.717, 1.165) is 52.2 Å². The monoisotopic (exact) mass is 629 g/mol. The molecule has 0 bridgehead atoms. The van der Waals surface area contributed by atoms with Gasteiger partial charge in [0.05, 0.1) is 23.4 Å². The van der Waals surface area contributed by atoms with Crippen molar-refractivity contribution in [1.82, 2.24) is 14.8 Å². The van der Waals surface area contributed by atoms with Crippen LogP contribution in [0.3, 0.4) is 0 Å². The van der Waals surface area contributed by atoms with Gasteiger partial charge in [-0.1, -0.05) is 32.4 Å². The van der Waals surface area contributed by atoms with E-state index in [1.54, 1.807) is 16.2 Å². The largest absolute Gasteiger partial charge is 0.493 e. The van der Waals surface area contributed by atoms with Crippen molar-refractivity contribution >= 4 is 47.6 Å². The van der Waals surface area contributed by atoms with Crippen molar-refractivity contribution in [3.63, 3.8) is 0 Å². The minimum Gasteiger partial charge on any atom is -0.493 e. The number of benzene rings is 1. The number of hydrogen-bond acceptors (Lipinski definition) is 7. The Morgan fingerprint density at radius 2 is 1.83 bits per heavy atom. The topological polar surface area (TPSA) is 64.1 Å². The fourth-order valence-electron chi connectivity index (χ4n) is 5.28. The molecular formula is C32H44ClN3O4SSi. The third-order valence-electron chi connectivity index (χ3n) is 8.64. The van der Waals surface area contributed by atoms with Crippen LogP contribution in [0.2, 0.25) is 23.2 Å². The first-order valence-electron chi connectivity index (χ1n) is 14.8. The van der Waals surface area contributed by atoms with Gasteiger partial charge in [0.15, 0.2) is 8.32 Å². The quantitative estimate of drug-likeness (QED) is 0.264. The predicted octanol–water partition coefficient (Wildman–Crippen LogP) is 8.51. The van der Waals surface area contributed by atoms with Crippen LogP contribution < -0.4 is 4.74 Å².